The topological polar surface area (TPSA) is 55.8 Å². The zero-order chi connectivity index (χ0) is 21.2. The van der Waals surface area contributed by atoms with E-state index in [9.17, 15) is 9.59 Å². The summed E-state index contributed by atoms with van der Waals surface area (Å²) >= 11 is 9.18. The van der Waals surface area contributed by atoms with Gasteiger partial charge in [-0.3, -0.25) is 4.79 Å². The fourth-order valence-electron chi connectivity index (χ4n) is 3.38. The number of halogens is 2. The molecular formula is C22H21BrClNO4. The maximum atomic E-state index is 12.4. The van der Waals surface area contributed by atoms with Crippen molar-refractivity contribution in [3.63, 3.8) is 0 Å². The number of carbonyl (C=O) groups excluding carboxylic acids is 2. The Hall–Kier alpha value is -2.31. The molecule has 0 radical (unpaired) electrons. The maximum Gasteiger partial charge on any atom is 0.344 e. The molecule has 2 aromatic carbocycles. The summed E-state index contributed by atoms with van der Waals surface area (Å²) in [5.74, 6) is -0.443. The van der Waals surface area contributed by atoms with Crippen LogP contribution in [0, 0.1) is 0 Å². The number of nitrogens with zero attached hydrogens (tertiary/aromatic N) is 1. The van der Waals surface area contributed by atoms with Crippen LogP contribution in [-0.4, -0.2) is 32.0 Å². The van der Waals surface area contributed by atoms with Crippen molar-refractivity contribution in [3.05, 3.63) is 69.3 Å². The van der Waals surface area contributed by atoms with Crippen molar-refractivity contribution < 1.29 is 19.1 Å². The Balaban J connectivity index is 1.58. The fourth-order valence-corrected chi connectivity index (χ4v) is 4.17. The quantitative estimate of drug-likeness (QED) is 0.436. The van der Waals surface area contributed by atoms with Gasteiger partial charge in [0.15, 0.2) is 19.0 Å². The highest BCUT2D eigenvalue weighted by Crippen LogP contribution is 2.46. The summed E-state index contributed by atoms with van der Waals surface area (Å²) < 4.78 is 11.1. The van der Waals surface area contributed by atoms with E-state index in [2.05, 4.69) is 35.8 Å². The van der Waals surface area contributed by atoms with Gasteiger partial charge in [-0.25, -0.2) is 4.79 Å². The highest BCUT2D eigenvalue weighted by molar-refractivity contribution is 9.10. The molecule has 0 aliphatic carbocycles. The minimum atomic E-state index is -0.624. The molecule has 0 saturated heterocycles. The molecule has 0 unspecified atom stereocenters. The van der Waals surface area contributed by atoms with Crippen molar-refractivity contribution in [3.8, 4) is 5.75 Å². The Labute approximate surface area is 183 Å². The van der Waals surface area contributed by atoms with E-state index in [1.807, 2.05) is 30.1 Å². The van der Waals surface area contributed by atoms with E-state index >= 15 is 0 Å². The number of allylic oxidation sites excluding steroid dienone is 1. The molecule has 0 N–H and O–H groups in total. The van der Waals surface area contributed by atoms with Crippen LogP contribution in [0.25, 0.3) is 0 Å². The van der Waals surface area contributed by atoms with E-state index in [0.717, 1.165) is 16.9 Å². The first-order valence-electron chi connectivity index (χ1n) is 9.02. The first-order valence-corrected chi connectivity index (χ1v) is 10.2. The Kier molecular flexibility index (Phi) is 6.34. The second-order valence-electron chi connectivity index (χ2n) is 7.22. The van der Waals surface area contributed by atoms with Gasteiger partial charge < -0.3 is 14.4 Å². The molecule has 1 heterocycles. The number of likely N-dealkylation sites (N-methyl/N-ethyl adjacent to an activating group) is 1. The summed E-state index contributed by atoms with van der Waals surface area (Å²) in [6.45, 7) is 3.49. The molecule has 2 aromatic rings. The van der Waals surface area contributed by atoms with Crippen molar-refractivity contribution in [2.75, 3.05) is 25.2 Å². The Morgan fingerprint density at radius 3 is 2.59 bits per heavy atom. The molecule has 0 atom stereocenters. The first kappa shape index (κ1) is 21.4. The minimum absolute atomic E-state index is 0.284. The van der Waals surface area contributed by atoms with Crippen molar-refractivity contribution in [2.45, 2.75) is 19.3 Å². The van der Waals surface area contributed by atoms with Crippen molar-refractivity contribution >= 4 is 45.0 Å². The third kappa shape index (κ3) is 4.65. The standard InChI is InChI=1S/C22H21BrClNO4/c1-22(2)16-6-4-5-7-18(16)25(3)20(22)11-15(26)12-29-21(27)13-28-19-9-8-14(24)10-17(19)23/h4-11H,12-13H2,1-3H3. The summed E-state index contributed by atoms with van der Waals surface area (Å²) in [5.41, 5.74) is 2.77. The number of benzene rings is 2. The van der Waals surface area contributed by atoms with Gasteiger partial charge in [0.25, 0.3) is 0 Å². The number of ketones is 1. The monoisotopic (exact) mass is 477 g/mol. The highest BCUT2D eigenvalue weighted by Gasteiger charge is 2.38. The summed E-state index contributed by atoms with van der Waals surface area (Å²) in [5, 5.41) is 0.549. The molecule has 5 nitrogen and oxygen atoms in total. The molecule has 0 bridgehead atoms. The van der Waals surface area contributed by atoms with Gasteiger partial charge in [0.2, 0.25) is 0 Å². The van der Waals surface area contributed by atoms with Crippen LogP contribution >= 0.6 is 27.5 Å². The molecule has 0 fully saturated rings. The number of rotatable bonds is 6. The van der Waals surface area contributed by atoms with Gasteiger partial charge in [-0.1, -0.05) is 43.6 Å². The number of carbonyl (C=O) groups is 2. The van der Waals surface area contributed by atoms with Gasteiger partial charge in [0.1, 0.15) is 5.75 Å². The number of fused-ring (bicyclic) bond motifs is 1. The van der Waals surface area contributed by atoms with Gasteiger partial charge in [-0.15, -0.1) is 0 Å². The molecular weight excluding hydrogens is 458 g/mol. The van der Waals surface area contributed by atoms with Gasteiger partial charge >= 0.3 is 5.97 Å². The third-order valence-electron chi connectivity index (χ3n) is 4.85. The number of esters is 1. The first-order chi connectivity index (χ1) is 13.7. The molecule has 1 aliphatic rings. The number of ether oxygens (including phenoxy) is 2. The second-order valence-corrected chi connectivity index (χ2v) is 8.51. The molecule has 7 heteroatoms. The van der Waals surface area contributed by atoms with Crippen LogP contribution in [0.5, 0.6) is 5.75 Å². The average molecular weight is 479 g/mol. The lowest BCUT2D eigenvalue weighted by Gasteiger charge is -2.23. The van der Waals surface area contributed by atoms with Crippen molar-refractivity contribution in [1.82, 2.24) is 0 Å². The zero-order valence-corrected chi connectivity index (χ0v) is 18.7. The smallest absolute Gasteiger partial charge is 0.344 e. The Morgan fingerprint density at radius 1 is 1.17 bits per heavy atom. The molecule has 0 amide bonds. The number of hydrogen-bond acceptors (Lipinski definition) is 5. The normalized spacial score (nSPS) is 15.9. The van der Waals surface area contributed by atoms with Crippen molar-refractivity contribution in [2.24, 2.45) is 0 Å². The van der Waals surface area contributed by atoms with Gasteiger partial charge in [0, 0.05) is 34.9 Å². The molecule has 3 rings (SSSR count). The molecule has 1 aliphatic heterocycles. The zero-order valence-electron chi connectivity index (χ0n) is 16.4. The third-order valence-corrected chi connectivity index (χ3v) is 5.71. The van der Waals surface area contributed by atoms with E-state index in [0.29, 0.717) is 15.2 Å². The minimum Gasteiger partial charge on any atom is -0.481 e. The number of anilines is 1. The predicted molar refractivity (Wildman–Crippen MR) is 117 cm³/mol. The van der Waals surface area contributed by atoms with Gasteiger partial charge in [-0.05, 0) is 45.8 Å². The molecule has 0 saturated carbocycles. The molecule has 152 valence electrons. The van der Waals surface area contributed by atoms with Crippen molar-refractivity contribution in [1.29, 1.82) is 0 Å². The van der Waals surface area contributed by atoms with E-state index in [1.54, 1.807) is 24.3 Å². The average Bonchev–Trinajstić information content (AvgIpc) is 2.87. The summed E-state index contributed by atoms with van der Waals surface area (Å²) in [7, 11) is 1.93. The SMILES string of the molecule is CN1C(=CC(=O)COC(=O)COc2ccc(Cl)cc2Br)C(C)(C)c2ccccc21. The maximum absolute atomic E-state index is 12.4. The van der Waals surface area contributed by atoms with Crippen LogP contribution in [0.4, 0.5) is 5.69 Å². The summed E-state index contributed by atoms with van der Waals surface area (Å²) in [6, 6.07) is 13.0. The van der Waals surface area contributed by atoms with E-state index < -0.39 is 5.97 Å². The Morgan fingerprint density at radius 2 is 1.90 bits per heavy atom. The van der Waals surface area contributed by atoms with E-state index in [1.165, 1.54) is 0 Å². The number of para-hydroxylation sites is 1. The van der Waals surface area contributed by atoms with Crippen LogP contribution in [-0.2, 0) is 19.7 Å². The lowest BCUT2D eigenvalue weighted by molar-refractivity contribution is -0.149. The lowest BCUT2D eigenvalue weighted by Crippen LogP contribution is -2.25. The Bertz CT molecular complexity index is 987. The van der Waals surface area contributed by atoms with E-state index in [-0.39, 0.29) is 24.4 Å². The number of hydrogen-bond donors (Lipinski definition) is 0. The fraction of sp³-hybridized carbons (Fsp3) is 0.273. The van der Waals surface area contributed by atoms with E-state index in [4.69, 9.17) is 21.1 Å². The molecule has 29 heavy (non-hydrogen) atoms. The lowest BCUT2D eigenvalue weighted by atomic mass is 9.83. The van der Waals surface area contributed by atoms with Crippen LogP contribution in [0.3, 0.4) is 0 Å². The predicted octanol–water partition coefficient (Wildman–Crippen LogP) is 4.91. The second kappa shape index (κ2) is 8.59. The van der Waals surface area contributed by atoms with Crippen LogP contribution in [0.1, 0.15) is 19.4 Å². The molecule has 0 spiro atoms. The summed E-state index contributed by atoms with van der Waals surface area (Å²) in [6.07, 6.45) is 1.55. The van der Waals surface area contributed by atoms with Gasteiger partial charge in [0.05, 0.1) is 4.47 Å². The van der Waals surface area contributed by atoms with Gasteiger partial charge in [-0.2, -0.15) is 0 Å². The summed E-state index contributed by atoms with van der Waals surface area (Å²) in [4.78, 5) is 26.3. The van der Waals surface area contributed by atoms with Crippen LogP contribution in [0.15, 0.2) is 58.7 Å². The van der Waals surface area contributed by atoms with Crippen LogP contribution in [0.2, 0.25) is 5.02 Å². The van der Waals surface area contributed by atoms with Crippen LogP contribution < -0.4 is 9.64 Å². The largest absolute Gasteiger partial charge is 0.481 e. The highest BCUT2D eigenvalue weighted by atomic mass is 79.9. The molecule has 0 aromatic heterocycles.